The summed E-state index contributed by atoms with van der Waals surface area (Å²) in [5, 5.41) is 3.12. The number of carbonyl (C=O) groups is 1. The summed E-state index contributed by atoms with van der Waals surface area (Å²) in [6, 6.07) is 0. The molecular formula is C18H34BrNO3. The van der Waals surface area contributed by atoms with Crippen molar-refractivity contribution >= 4 is 23.0 Å². The van der Waals surface area contributed by atoms with Gasteiger partial charge >= 0.3 is 5.97 Å². The molecule has 0 aromatic carbocycles. The normalized spacial score (nSPS) is 32.4. The second-order valence-corrected chi connectivity index (χ2v) is 7.86. The third-order valence-electron chi connectivity index (χ3n) is 6.49. The Morgan fingerprint density at radius 2 is 2.04 bits per heavy atom. The number of hydrogen-bond acceptors (Lipinski definition) is 4. The molecule has 0 aromatic rings. The Kier molecular flexibility index (Phi) is 7.55. The number of carbonyl (C=O) groups excluding carboxylic acids is 1. The number of esters is 1. The second-order valence-electron chi connectivity index (χ2n) is 7.86. The molecule has 0 amide bonds. The highest BCUT2D eigenvalue weighted by molar-refractivity contribution is 8.93. The van der Waals surface area contributed by atoms with Gasteiger partial charge < -0.3 is 14.8 Å². The van der Waals surface area contributed by atoms with Gasteiger partial charge in [0.2, 0.25) is 0 Å². The van der Waals surface area contributed by atoms with Crippen LogP contribution in [0.1, 0.15) is 60.3 Å². The Balaban J connectivity index is 0.00000264. The van der Waals surface area contributed by atoms with Crippen LogP contribution in [0.5, 0.6) is 0 Å². The zero-order chi connectivity index (χ0) is 16.4. The molecule has 2 rings (SSSR count). The molecule has 136 valence electrons. The van der Waals surface area contributed by atoms with E-state index in [0.29, 0.717) is 30.1 Å². The zero-order valence-corrected chi connectivity index (χ0v) is 17.0. The van der Waals surface area contributed by atoms with Crippen LogP contribution < -0.4 is 5.32 Å². The first-order valence-electron chi connectivity index (χ1n) is 8.83. The fourth-order valence-corrected chi connectivity index (χ4v) is 4.20. The summed E-state index contributed by atoms with van der Waals surface area (Å²) in [4.78, 5) is 11.5. The van der Waals surface area contributed by atoms with Gasteiger partial charge in [-0.3, -0.25) is 4.79 Å². The summed E-state index contributed by atoms with van der Waals surface area (Å²) in [6.07, 6.45) is 5.05. The summed E-state index contributed by atoms with van der Waals surface area (Å²) >= 11 is 0. The molecule has 0 heterocycles. The Hall–Kier alpha value is -0.130. The van der Waals surface area contributed by atoms with Gasteiger partial charge in [0.05, 0.1) is 25.4 Å². The van der Waals surface area contributed by atoms with E-state index in [9.17, 15) is 4.79 Å². The minimum Gasteiger partial charge on any atom is -0.462 e. The fourth-order valence-electron chi connectivity index (χ4n) is 4.20. The third-order valence-corrected chi connectivity index (χ3v) is 6.49. The first-order valence-corrected chi connectivity index (χ1v) is 8.83. The highest BCUT2D eigenvalue weighted by atomic mass is 79.9. The standard InChI is InChI=1S/C18H33NO3.BrH/c1-6-13(2)22-16(20)12-19-9-10-21-15-11-14-7-8-18(15,5)17(14,3)4;/h13-15,19H,6-12H2,1-5H3;1H. The Morgan fingerprint density at radius 1 is 1.35 bits per heavy atom. The van der Waals surface area contributed by atoms with Crippen LogP contribution in [0, 0.1) is 16.7 Å². The van der Waals surface area contributed by atoms with Crippen LogP contribution >= 0.6 is 17.0 Å². The molecule has 4 atom stereocenters. The van der Waals surface area contributed by atoms with Crippen molar-refractivity contribution in [2.24, 2.45) is 16.7 Å². The average Bonchev–Trinajstić information content (AvgIpc) is 2.79. The van der Waals surface area contributed by atoms with Crippen LogP contribution in [0.15, 0.2) is 0 Å². The van der Waals surface area contributed by atoms with Crippen molar-refractivity contribution in [3.63, 3.8) is 0 Å². The predicted molar refractivity (Wildman–Crippen MR) is 98.0 cm³/mol. The van der Waals surface area contributed by atoms with Crippen molar-refractivity contribution in [2.45, 2.75) is 72.5 Å². The number of ether oxygens (including phenoxy) is 2. The lowest BCUT2D eigenvalue weighted by atomic mass is 9.70. The van der Waals surface area contributed by atoms with Gasteiger partial charge in [-0.2, -0.15) is 0 Å². The molecular weight excluding hydrogens is 358 g/mol. The minimum absolute atomic E-state index is 0. The van der Waals surface area contributed by atoms with Crippen LogP contribution in [-0.2, 0) is 14.3 Å². The van der Waals surface area contributed by atoms with Crippen molar-refractivity contribution in [3.05, 3.63) is 0 Å². The Morgan fingerprint density at radius 3 is 2.57 bits per heavy atom. The van der Waals surface area contributed by atoms with E-state index in [1.165, 1.54) is 19.3 Å². The first-order chi connectivity index (χ1) is 10.3. The van der Waals surface area contributed by atoms with Crippen LogP contribution in [0.3, 0.4) is 0 Å². The number of hydrogen-bond donors (Lipinski definition) is 1. The molecule has 2 aliphatic carbocycles. The summed E-state index contributed by atoms with van der Waals surface area (Å²) in [5.41, 5.74) is 0.707. The summed E-state index contributed by atoms with van der Waals surface area (Å²) in [6.45, 7) is 12.8. The maximum Gasteiger partial charge on any atom is 0.320 e. The molecule has 0 spiro atoms. The van der Waals surface area contributed by atoms with Crippen molar-refractivity contribution in [1.29, 1.82) is 0 Å². The maximum absolute atomic E-state index is 11.5. The predicted octanol–water partition coefficient (Wildman–Crippen LogP) is 3.73. The van der Waals surface area contributed by atoms with Crippen molar-refractivity contribution in [3.8, 4) is 0 Å². The second kappa shape index (κ2) is 8.30. The van der Waals surface area contributed by atoms with E-state index < -0.39 is 0 Å². The molecule has 2 aliphatic rings. The highest BCUT2D eigenvalue weighted by Crippen LogP contribution is 2.66. The lowest BCUT2D eigenvalue weighted by Crippen LogP contribution is -2.38. The van der Waals surface area contributed by atoms with Gasteiger partial charge in [0.25, 0.3) is 0 Å². The third kappa shape index (κ3) is 4.29. The molecule has 1 N–H and O–H groups in total. The van der Waals surface area contributed by atoms with Crippen LogP contribution in [0.2, 0.25) is 0 Å². The maximum atomic E-state index is 11.5. The topological polar surface area (TPSA) is 47.6 Å². The molecule has 2 saturated carbocycles. The molecule has 2 bridgehead atoms. The highest BCUT2D eigenvalue weighted by Gasteiger charge is 2.61. The van der Waals surface area contributed by atoms with E-state index in [1.807, 2.05) is 13.8 Å². The van der Waals surface area contributed by atoms with E-state index in [4.69, 9.17) is 9.47 Å². The molecule has 23 heavy (non-hydrogen) atoms. The number of rotatable bonds is 8. The molecule has 4 unspecified atom stereocenters. The van der Waals surface area contributed by atoms with Crippen molar-refractivity contribution < 1.29 is 14.3 Å². The quantitative estimate of drug-likeness (QED) is 0.505. The largest absolute Gasteiger partial charge is 0.462 e. The Labute approximate surface area is 151 Å². The molecule has 5 heteroatoms. The number of halogens is 1. The lowest BCUT2D eigenvalue weighted by molar-refractivity contribution is -0.147. The van der Waals surface area contributed by atoms with E-state index in [2.05, 4.69) is 26.1 Å². The van der Waals surface area contributed by atoms with Gasteiger partial charge in [-0.15, -0.1) is 17.0 Å². The SMILES string of the molecule is Br.CCC(C)OC(=O)CNCCOC1CC2CCC1(C)C2(C)C. The van der Waals surface area contributed by atoms with E-state index in [-0.39, 0.29) is 35.6 Å². The number of nitrogens with one attached hydrogen (secondary N) is 1. The number of fused-ring (bicyclic) bond motifs is 2. The molecule has 2 fully saturated rings. The minimum atomic E-state index is -0.178. The first kappa shape index (κ1) is 20.9. The fraction of sp³-hybridized carbons (Fsp3) is 0.944. The molecule has 0 aliphatic heterocycles. The molecule has 4 nitrogen and oxygen atoms in total. The summed E-state index contributed by atoms with van der Waals surface area (Å²) in [7, 11) is 0. The molecule has 0 saturated heterocycles. The van der Waals surface area contributed by atoms with Crippen molar-refractivity contribution in [1.82, 2.24) is 5.32 Å². The Bertz CT molecular complexity index is 402. The van der Waals surface area contributed by atoms with E-state index in [0.717, 1.165) is 12.3 Å². The van der Waals surface area contributed by atoms with Gasteiger partial charge in [-0.1, -0.05) is 27.7 Å². The molecule has 0 radical (unpaired) electrons. The monoisotopic (exact) mass is 391 g/mol. The summed E-state index contributed by atoms with van der Waals surface area (Å²) < 4.78 is 11.4. The van der Waals surface area contributed by atoms with E-state index >= 15 is 0 Å². The van der Waals surface area contributed by atoms with Crippen LogP contribution in [0.4, 0.5) is 0 Å². The van der Waals surface area contributed by atoms with E-state index in [1.54, 1.807) is 0 Å². The zero-order valence-electron chi connectivity index (χ0n) is 15.3. The molecule has 0 aromatic heterocycles. The van der Waals surface area contributed by atoms with Gasteiger partial charge in [-0.05, 0) is 49.4 Å². The smallest absolute Gasteiger partial charge is 0.320 e. The van der Waals surface area contributed by atoms with Gasteiger partial charge in [0.1, 0.15) is 0 Å². The van der Waals surface area contributed by atoms with Gasteiger partial charge in [-0.25, -0.2) is 0 Å². The summed E-state index contributed by atoms with van der Waals surface area (Å²) in [5.74, 6) is 0.628. The van der Waals surface area contributed by atoms with Gasteiger partial charge in [0.15, 0.2) is 0 Å². The van der Waals surface area contributed by atoms with Crippen molar-refractivity contribution in [2.75, 3.05) is 19.7 Å². The van der Waals surface area contributed by atoms with Gasteiger partial charge in [0, 0.05) is 6.54 Å². The van der Waals surface area contributed by atoms with Crippen LogP contribution in [-0.4, -0.2) is 37.9 Å². The average molecular weight is 392 g/mol. The van der Waals surface area contributed by atoms with Crippen LogP contribution in [0.25, 0.3) is 0 Å². The lowest BCUT2D eigenvalue weighted by Gasteiger charge is -2.38.